The highest BCUT2D eigenvalue weighted by Crippen LogP contribution is 2.32. The Kier molecular flexibility index (Phi) is 5.31. The van der Waals surface area contributed by atoms with E-state index >= 15 is 0 Å². The normalized spacial score (nSPS) is 10.8. The largest absolute Gasteiger partial charge is 0.437 e. The van der Waals surface area contributed by atoms with E-state index in [9.17, 15) is 14.0 Å². The van der Waals surface area contributed by atoms with Crippen LogP contribution in [0.2, 0.25) is 15.1 Å². The Morgan fingerprint density at radius 1 is 1.12 bits per heavy atom. The summed E-state index contributed by atoms with van der Waals surface area (Å²) in [4.78, 5) is 24.0. The SMILES string of the molecule is O=C(Cn1nc(-c2ccc(F)cc2)oc1=O)Nc1cc(Cl)c(Cl)cc1Cl. The molecule has 26 heavy (non-hydrogen) atoms. The molecule has 3 rings (SSSR count). The molecule has 0 aliphatic carbocycles. The third kappa shape index (κ3) is 4.07. The van der Waals surface area contributed by atoms with Crippen LogP contribution in [0.1, 0.15) is 0 Å². The van der Waals surface area contributed by atoms with Gasteiger partial charge in [0.05, 0.1) is 20.8 Å². The summed E-state index contributed by atoms with van der Waals surface area (Å²) in [6, 6.07) is 7.98. The number of halogens is 4. The van der Waals surface area contributed by atoms with Crippen molar-refractivity contribution in [3.63, 3.8) is 0 Å². The van der Waals surface area contributed by atoms with Gasteiger partial charge in [0.2, 0.25) is 11.8 Å². The predicted octanol–water partition coefficient (Wildman–Crippen LogP) is 4.24. The van der Waals surface area contributed by atoms with Gasteiger partial charge in [-0.2, -0.15) is 4.68 Å². The van der Waals surface area contributed by atoms with Crippen LogP contribution in [0.3, 0.4) is 0 Å². The molecule has 0 spiro atoms. The minimum absolute atomic E-state index is 0.0321. The standard InChI is InChI=1S/C16H9Cl3FN3O3/c17-10-5-12(19)13(6-11(10)18)21-14(24)7-23-16(25)26-15(22-23)8-1-3-9(20)4-2-8/h1-6H,7H2,(H,21,24). The van der Waals surface area contributed by atoms with Crippen molar-refractivity contribution in [2.24, 2.45) is 0 Å². The van der Waals surface area contributed by atoms with Gasteiger partial charge in [0.1, 0.15) is 12.4 Å². The molecular formula is C16H9Cl3FN3O3. The van der Waals surface area contributed by atoms with Crippen LogP contribution < -0.4 is 11.1 Å². The lowest BCUT2D eigenvalue weighted by molar-refractivity contribution is -0.117. The first-order valence-electron chi connectivity index (χ1n) is 7.12. The topological polar surface area (TPSA) is 77.1 Å². The fourth-order valence-corrected chi connectivity index (χ4v) is 2.65. The molecule has 1 heterocycles. The maximum Gasteiger partial charge on any atom is 0.437 e. The van der Waals surface area contributed by atoms with Gasteiger partial charge in [0, 0.05) is 5.56 Å². The molecule has 1 amide bonds. The quantitative estimate of drug-likeness (QED) is 0.645. The summed E-state index contributed by atoms with van der Waals surface area (Å²) in [5.74, 6) is -1.88. The molecule has 0 atom stereocenters. The van der Waals surface area contributed by atoms with E-state index in [1.165, 1.54) is 36.4 Å². The van der Waals surface area contributed by atoms with Crippen molar-refractivity contribution in [3.8, 4) is 11.5 Å². The van der Waals surface area contributed by atoms with Crippen molar-refractivity contribution in [1.82, 2.24) is 9.78 Å². The number of nitrogens with one attached hydrogen (secondary N) is 1. The van der Waals surface area contributed by atoms with Crippen molar-refractivity contribution in [3.05, 3.63) is 67.8 Å². The second-order valence-electron chi connectivity index (χ2n) is 5.13. The fourth-order valence-electron chi connectivity index (χ4n) is 2.06. The van der Waals surface area contributed by atoms with E-state index in [0.717, 1.165) is 4.68 Å². The molecular weight excluding hydrogens is 408 g/mol. The predicted molar refractivity (Wildman–Crippen MR) is 96.3 cm³/mol. The highest BCUT2D eigenvalue weighted by Gasteiger charge is 2.15. The second-order valence-corrected chi connectivity index (χ2v) is 6.35. The van der Waals surface area contributed by atoms with E-state index < -0.39 is 24.0 Å². The third-order valence-corrected chi connectivity index (χ3v) is 4.31. The molecule has 0 bridgehead atoms. The number of hydrogen-bond acceptors (Lipinski definition) is 4. The number of nitrogens with zero attached hydrogens (tertiary/aromatic N) is 2. The molecule has 3 aromatic rings. The van der Waals surface area contributed by atoms with Gasteiger partial charge in [0.15, 0.2) is 0 Å². The van der Waals surface area contributed by atoms with Gasteiger partial charge in [-0.1, -0.05) is 34.8 Å². The first-order chi connectivity index (χ1) is 12.3. The number of amides is 1. The number of carbonyl (C=O) groups excluding carboxylic acids is 1. The number of aromatic nitrogens is 2. The zero-order valence-electron chi connectivity index (χ0n) is 12.8. The van der Waals surface area contributed by atoms with Crippen molar-refractivity contribution in [2.45, 2.75) is 6.54 Å². The lowest BCUT2D eigenvalue weighted by Crippen LogP contribution is -2.26. The number of benzene rings is 2. The second kappa shape index (κ2) is 7.49. The zero-order chi connectivity index (χ0) is 18.8. The summed E-state index contributed by atoms with van der Waals surface area (Å²) in [7, 11) is 0. The fraction of sp³-hybridized carbons (Fsp3) is 0.0625. The Hall–Kier alpha value is -2.35. The van der Waals surface area contributed by atoms with E-state index in [-0.39, 0.29) is 26.6 Å². The molecule has 1 aromatic heterocycles. The van der Waals surface area contributed by atoms with Crippen molar-refractivity contribution >= 4 is 46.4 Å². The number of rotatable bonds is 4. The summed E-state index contributed by atoms with van der Waals surface area (Å²) in [6.45, 7) is -0.417. The molecule has 0 radical (unpaired) electrons. The number of anilines is 1. The molecule has 134 valence electrons. The minimum Gasteiger partial charge on any atom is -0.388 e. The van der Waals surface area contributed by atoms with Gasteiger partial charge < -0.3 is 9.73 Å². The van der Waals surface area contributed by atoms with Crippen molar-refractivity contribution < 1.29 is 13.6 Å². The van der Waals surface area contributed by atoms with Gasteiger partial charge >= 0.3 is 5.76 Å². The van der Waals surface area contributed by atoms with Crippen LogP contribution >= 0.6 is 34.8 Å². The molecule has 0 fully saturated rings. The molecule has 0 unspecified atom stereocenters. The first kappa shape index (κ1) is 18.4. The zero-order valence-corrected chi connectivity index (χ0v) is 15.1. The van der Waals surface area contributed by atoms with E-state index in [4.69, 9.17) is 39.2 Å². The van der Waals surface area contributed by atoms with E-state index in [0.29, 0.717) is 5.56 Å². The van der Waals surface area contributed by atoms with E-state index in [2.05, 4.69) is 10.4 Å². The Labute approximate surface area is 161 Å². The van der Waals surface area contributed by atoms with Crippen molar-refractivity contribution in [1.29, 1.82) is 0 Å². The summed E-state index contributed by atoms with van der Waals surface area (Å²) < 4.78 is 18.8. The Balaban J connectivity index is 1.77. The maximum atomic E-state index is 13.0. The van der Waals surface area contributed by atoms with Gasteiger partial charge in [-0.3, -0.25) is 4.79 Å². The molecule has 6 nitrogen and oxygen atoms in total. The molecule has 10 heteroatoms. The highest BCUT2D eigenvalue weighted by atomic mass is 35.5. The first-order valence-corrected chi connectivity index (χ1v) is 8.25. The molecule has 0 saturated carbocycles. The van der Waals surface area contributed by atoms with Crippen molar-refractivity contribution in [2.75, 3.05) is 5.32 Å². The maximum absolute atomic E-state index is 13.0. The minimum atomic E-state index is -0.834. The molecule has 2 aromatic carbocycles. The van der Waals surface area contributed by atoms with Gasteiger partial charge in [-0.05, 0) is 36.4 Å². The summed E-state index contributed by atoms with van der Waals surface area (Å²) in [6.07, 6.45) is 0. The highest BCUT2D eigenvalue weighted by molar-refractivity contribution is 6.44. The Morgan fingerprint density at radius 3 is 2.46 bits per heavy atom. The number of carbonyl (C=O) groups is 1. The molecule has 0 saturated heterocycles. The van der Waals surface area contributed by atoms with Crippen LogP contribution in [-0.4, -0.2) is 15.7 Å². The summed E-state index contributed by atoms with van der Waals surface area (Å²) >= 11 is 17.7. The molecule has 1 N–H and O–H groups in total. The van der Waals surface area contributed by atoms with Crippen LogP contribution in [0.5, 0.6) is 0 Å². The van der Waals surface area contributed by atoms with Gasteiger partial charge in [-0.15, -0.1) is 5.10 Å². The van der Waals surface area contributed by atoms with Gasteiger partial charge in [-0.25, -0.2) is 9.18 Å². The van der Waals surface area contributed by atoms with E-state index in [1.807, 2.05) is 0 Å². The average Bonchev–Trinajstić information content (AvgIpc) is 2.94. The summed E-state index contributed by atoms with van der Waals surface area (Å²) in [5.41, 5.74) is 0.636. The van der Waals surface area contributed by atoms with Crippen LogP contribution in [0, 0.1) is 5.82 Å². The lowest BCUT2D eigenvalue weighted by Gasteiger charge is -2.08. The van der Waals surface area contributed by atoms with Crippen LogP contribution in [-0.2, 0) is 11.3 Å². The molecule has 0 aliphatic heterocycles. The van der Waals surface area contributed by atoms with E-state index in [1.54, 1.807) is 0 Å². The van der Waals surface area contributed by atoms with Crippen LogP contribution in [0.25, 0.3) is 11.5 Å². The number of hydrogen-bond donors (Lipinski definition) is 1. The monoisotopic (exact) mass is 415 g/mol. The van der Waals surface area contributed by atoms with Crippen LogP contribution in [0.15, 0.2) is 45.6 Å². The Morgan fingerprint density at radius 2 is 1.77 bits per heavy atom. The van der Waals surface area contributed by atoms with Crippen LogP contribution in [0.4, 0.5) is 10.1 Å². The third-order valence-electron chi connectivity index (χ3n) is 3.27. The Bertz CT molecular complexity index is 1030. The lowest BCUT2D eigenvalue weighted by atomic mass is 10.2. The molecule has 0 aliphatic rings. The smallest absolute Gasteiger partial charge is 0.388 e. The summed E-state index contributed by atoms with van der Waals surface area (Å²) in [5, 5.41) is 7.07. The van der Waals surface area contributed by atoms with Gasteiger partial charge in [0.25, 0.3) is 0 Å². The average molecular weight is 417 g/mol.